The van der Waals surface area contributed by atoms with E-state index < -0.39 is 0 Å². The summed E-state index contributed by atoms with van der Waals surface area (Å²) < 4.78 is 6.48. The highest BCUT2D eigenvalue weighted by atomic mass is 79.9. The van der Waals surface area contributed by atoms with E-state index in [0.717, 1.165) is 4.47 Å². The Labute approximate surface area is 136 Å². The molecule has 0 heterocycles. The fourth-order valence-corrected chi connectivity index (χ4v) is 4.68. The fraction of sp³-hybridized carbons (Fsp3) is 0.667. The van der Waals surface area contributed by atoms with Gasteiger partial charge >= 0.3 is 0 Å². The minimum absolute atomic E-state index is 0.626. The van der Waals surface area contributed by atoms with Crippen LogP contribution in [0.5, 0.6) is 0 Å². The van der Waals surface area contributed by atoms with E-state index in [1.54, 1.807) is 7.11 Å². The molecule has 3 heteroatoms. The number of benzene rings is 1. The number of hydrogen-bond donors (Lipinski definition) is 1. The van der Waals surface area contributed by atoms with Crippen LogP contribution in [-0.4, -0.2) is 13.2 Å². The summed E-state index contributed by atoms with van der Waals surface area (Å²) in [6.07, 6.45) is 11.3. The van der Waals surface area contributed by atoms with E-state index >= 15 is 0 Å². The van der Waals surface area contributed by atoms with E-state index in [9.17, 15) is 0 Å². The molecular formula is C18H26BrNO. The van der Waals surface area contributed by atoms with Crippen molar-refractivity contribution < 1.29 is 4.74 Å². The monoisotopic (exact) mass is 351 g/mol. The molecule has 1 aromatic carbocycles. The topological polar surface area (TPSA) is 21.3 Å². The van der Waals surface area contributed by atoms with Gasteiger partial charge in [-0.3, -0.25) is 0 Å². The van der Waals surface area contributed by atoms with Crippen LogP contribution in [0.3, 0.4) is 0 Å². The SMILES string of the molecule is COCc1c(Br)cccc1NC1CCC2(CCCC2)CC1. The first-order chi connectivity index (χ1) is 10.2. The van der Waals surface area contributed by atoms with Crippen molar-refractivity contribution in [2.24, 2.45) is 5.41 Å². The zero-order valence-electron chi connectivity index (χ0n) is 13.0. The summed E-state index contributed by atoms with van der Waals surface area (Å²) in [4.78, 5) is 0. The molecule has 1 aromatic rings. The first-order valence-electron chi connectivity index (χ1n) is 8.25. The second kappa shape index (κ2) is 6.70. The van der Waals surface area contributed by atoms with Crippen LogP contribution in [0.1, 0.15) is 56.9 Å². The average Bonchev–Trinajstić information content (AvgIpc) is 2.94. The highest BCUT2D eigenvalue weighted by Crippen LogP contribution is 2.49. The Morgan fingerprint density at radius 2 is 1.90 bits per heavy atom. The zero-order valence-corrected chi connectivity index (χ0v) is 14.5. The summed E-state index contributed by atoms with van der Waals surface area (Å²) in [7, 11) is 1.76. The molecule has 3 rings (SSSR count). The highest BCUT2D eigenvalue weighted by molar-refractivity contribution is 9.10. The minimum Gasteiger partial charge on any atom is -0.382 e. The number of nitrogens with one attached hydrogen (secondary N) is 1. The van der Waals surface area contributed by atoms with Gasteiger partial charge in [0.15, 0.2) is 0 Å². The lowest BCUT2D eigenvalue weighted by Gasteiger charge is -2.38. The van der Waals surface area contributed by atoms with E-state index in [1.165, 1.54) is 62.6 Å². The van der Waals surface area contributed by atoms with E-state index in [0.29, 0.717) is 18.1 Å². The Morgan fingerprint density at radius 1 is 1.19 bits per heavy atom. The number of hydrogen-bond acceptors (Lipinski definition) is 2. The van der Waals surface area contributed by atoms with Crippen LogP contribution in [0.2, 0.25) is 0 Å². The third-order valence-electron chi connectivity index (χ3n) is 5.48. The number of rotatable bonds is 4. The summed E-state index contributed by atoms with van der Waals surface area (Å²) in [6.45, 7) is 0.653. The molecule has 0 aromatic heterocycles. The van der Waals surface area contributed by atoms with Crippen molar-refractivity contribution in [2.75, 3.05) is 12.4 Å². The van der Waals surface area contributed by atoms with E-state index in [-0.39, 0.29) is 0 Å². The summed E-state index contributed by atoms with van der Waals surface area (Å²) in [5.74, 6) is 0. The Kier molecular flexibility index (Phi) is 4.90. The average molecular weight is 352 g/mol. The highest BCUT2D eigenvalue weighted by Gasteiger charge is 2.37. The van der Waals surface area contributed by atoms with Crippen LogP contribution in [0.25, 0.3) is 0 Å². The summed E-state index contributed by atoms with van der Waals surface area (Å²) in [6, 6.07) is 7.00. The van der Waals surface area contributed by atoms with Crippen molar-refractivity contribution in [1.29, 1.82) is 0 Å². The first-order valence-corrected chi connectivity index (χ1v) is 9.05. The molecule has 2 saturated carbocycles. The second-order valence-electron chi connectivity index (χ2n) is 6.82. The maximum absolute atomic E-state index is 5.34. The summed E-state index contributed by atoms with van der Waals surface area (Å²) in [5, 5.41) is 3.77. The molecule has 2 fully saturated rings. The molecule has 1 N–H and O–H groups in total. The number of ether oxygens (including phenoxy) is 1. The third kappa shape index (κ3) is 3.45. The quantitative estimate of drug-likeness (QED) is 0.771. The van der Waals surface area contributed by atoms with Crippen LogP contribution < -0.4 is 5.32 Å². The van der Waals surface area contributed by atoms with Crippen molar-refractivity contribution in [2.45, 2.75) is 64.0 Å². The smallest absolute Gasteiger partial charge is 0.0744 e. The number of halogens is 1. The van der Waals surface area contributed by atoms with Gasteiger partial charge in [-0.1, -0.05) is 34.8 Å². The van der Waals surface area contributed by atoms with E-state index in [1.807, 2.05) is 0 Å². The fourth-order valence-electron chi connectivity index (χ4n) is 4.20. The zero-order chi connectivity index (χ0) is 14.7. The van der Waals surface area contributed by atoms with Gasteiger partial charge in [-0.2, -0.15) is 0 Å². The predicted octanol–water partition coefficient (Wildman–Crippen LogP) is 5.51. The van der Waals surface area contributed by atoms with Gasteiger partial charge in [0.1, 0.15) is 0 Å². The van der Waals surface area contributed by atoms with Crippen LogP contribution in [0.15, 0.2) is 22.7 Å². The molecule has 0 amide bonds. The maximum atomic E-state index is 5.34. The number of anilines is 1. The predicted molar refractivity (Wildman–Crippen MR) is 91.6 cm³/mol. The van der Waals surface area contributed by atoms with Gasteiger partial charge in [0, 0.05) is 28.9 Å². The molecule has 0 atom stereocenters. The molecule has 2 aliphatic rings. The molecule has 0 aliphatic heterocycles. The van der Waals surface area contributed by atoms with Gasteiger partial charge in [-0.15, -0.1) is 0 Å². The van der Waals surface area contributed by atoms with Gasteiger partial charge in [0.2, 0.25) is 0 Å². The summed E-state index contributed by atoms with van der Waals surface area (Å²) in [5.41, 5.74) is 3.19. The Hall–Kier alpha value is -0.540. The van der Waals surface area contributed by atoms with Crippen LogP contribution >= 0.6 is 15.9 Å². The molecule has 0 saturated heterocycles. The molecule has 21 heavy (non-hydrogen) atoms. The van der Waals surface area contributed by atoms with Crippen molar-refractivity contribution in [1.82, 2.24) is 0 Å². The van der Waals surface area contributed by atoms with Gasteiger partial charge in [-0.25, -0.2) is 0 Å². The lowest BCUT2D eigenvalue weighted by molar-refractivity contribution is 0.183. The van der Waals surface area contributed by atoms with Crippen molar-refractivity contribution >= 4 is 21.6 Å². The molecule has 0 bridgehead atoms. The Morgan fingerprint density at radius 3 is 2.57 bits per heavy atom. The molecule has 0 radical (unpaired) electrons. The maximum Gasteiger partial charge on any atom is 0.0744 e. The third-order valence-corrected chi connectivity index (χ3v) is 6.22. The van der Waals surface area contributed by atoms with Gasteiger partial charge in [0.05, 0.1) is 6.61 Å². The molecule has 116 valence electrons. The Balaban J connectivity index is 1.64. The van der Waals surface area contributed by atoms with Crippen molar-refractivity contribution in [3.63, 3.8) is 0 Å². The van der Waals surface area contributed by atoms with E-state index in [2.05, 4.69) is 39.4 Å². The van der Waals surface area contributed by atoms with Crippen molar-refractivity contribution in [3.8, 4) is 0 Å². The molecular weight excluding hydrogens is 326 g/mol. The largest absolute Gasteiger partial charge is 0.382 e. The standard InChI is InChI=1S/C18H26BrNO/c1-21-13-15-16(19)5-4-6-17(15)20-14-7-11-18(12-8-14)9-2-3-10-18/h4-6,14,20H,2-3,7-13H2,1H3. The lowest BCUT2D eigenvalue weighted by Crippen LogP contribution is -2.32. The molecule has 0 unspecified atom stereocenters. The molecule has 2 nitrogen and oxygen atoms in total. The van der Waals surface area contributed by atoms with Crippen molar-refractivity contribution in [3.05, 3.63) is 28.2 Å². The van der Waals surface area contributed by atoms with Crippen LogP contribution in [-0.2, 0) is 11.3 Å². The lowest BCUT2D eigenvalue weighted by atomic mass is 9.71. The Bertz CT molecular complexity index is 472. The van der Waals surface area contributed by atoms with Gasteiger partial charge in [0.25, 0.3) is 0 Å². The van der Waals surface area contributed by atoms with Gasteiger partial charge in [-0.05, 0) is 56.1 Å². The molecule has 2 aliphatic carbocycles. The summed E-state index contributed by atoms with van der Waals surface area (Å²) >= 11 is 3.64. The number of methoxy groups -OCH3 is 1. The van der Waals surface area contributed by atoms with E-state index in [4.69, 9.17) is 4.74 Å². The molecule has 1 spiro atoms. The minimum atomic E-state index is 0.626. The van der Waals surface area contributed by atoms with Crippen LogP contribution in [0.4, 0.5) is 5.69 Å². The van der Waals surface area contributed by atoms with Crippen LogP contribution in [0, 0.1) is 5.41 Å². The normalized spacial score (nSPS) is 21.8. The first kappa shape index (κ1) is 15.4. The second-order valence-corrected chi connectivity index (χ2v) is 7.68. The van der Waals surface area contributed by atoms with Gasteiger partial charge < -0.3 is 10.1 Å².